The van der Waals surface area contributed by atoms with E-state index in [0.29, 0.717) is 13.1 Å². The van der Waals surface area contributed by atoms with E-state index in [0.717, 1.165) is 12.0 Å². The normalized spacial score (nSPS) is 17.7. The number of sulfonamides is 1. The van der Waals surface area contributed by atoms with Crippen molar-refractivity contribution in [2.75, 3.05) is 18.9 Å². The van der Waals surface area contributed by atoms with Gasteiger partial charge in [0.2, 0.25) is 10.0 Å². The molecule has 0 aromatic carbocycles. The van der Waals surface area contributed by atoms with Crippen LogP contribution in [0.25, 0.3) is 0 Å². The number of fused-ring (bicyclic) bond motifs is 1. The van der Waals surface area contributed by atoms with Crippen LogP contribution in [0.15, 0.2) is 11.4 Å². The molecule has 0 radical (unpaired) electrons. The second-order valence-electron chi connectivity index (χ2n) is 3.49. The predicted octanol–water partition coefficient (Wildman–Crippen LogP) is 0.428. The van der Waals surface area contributed by atoms with E-state index in [1.165, 1.54) is 9.18 Å². The standard InChI is InChI=1S/C9H13NO3S2/c11-4-6-15(12,13)10-3-1-9-8(7-10)2-5-14-9/h2,5,11H,1,3-4,6-7H2. The predicted molar refractivity (Wildman–Crippen MR) is 59.3 cm³/mol. The Labute approximate surface area is 93.2 Å². The van der Waals surface area contributed by atoms with E-state index < -0.39 is 10.0 Å². The van der Waals surface area contributed by atoms with Gasteiger partial charge in [-0.2, -0.15) is 4.31 Å². The van der Waals surface area contributed by atoms with Crippen LogP contribution in [0.5, 0.6) is 0 Å². The molecule has 0 bridgehead atoms. The first-order valence-corrected chi connectivity index (χ1v) is 7.26. The van der Waals surface area contributed by atoms with Crippen molar-refractivity contribution in [1.29, 1.82) is 0 Å². The first-order chi connectivity index (χ1) is 7.13. The van der Waals surface area contributed by atoms with Crippen LogP contribution in [0.2, 0.25) is 0 Å². The molecule has 1 aromatic rings. The molecule has 15 heavy (non-hydrogen) atoms. The Morgan fingerprint density at radius 3 is 3.07 bits per heavy atom. The quantitative estimate of drug-likeness (QED) is 0.842. The lowest BCUT2D eigenvalue weighted by Crippen LogP contribution is -2.37. The first-order valence-electron chi connectivity index (χ1n) is 4.77. The molecule has 0 spiro atoms. The van der Waals surface area contributed by atoms with Gasteiger partial charge in [0.1, 0.15) is 0 Å². The number of hydrogen-bond donors (Lipinski definition) is 1. The van der Waals surface area contributed by atoms with Gasteiger partial charge in [0.25, 0.3) is 0 Å². The summed E-state index contributed by atoms with van der Waals surface area (Å²) in [6, 6.07) is 1.97. The van der Waals surface area contributed by atoms with Gasteiger partial charge in [-0.05, 0) is 23.4 Å². The van der Waals surface area contributed by atoms with E-state index in [2.05, 4.69) is 0 Å². The van der Waals surface area contributed by atoms with Crippen molar-refractivity contribution >= 4 is 21.4 Å². The average molecular weight is 247 g/mol. The smallest absolute Gasteiger partial charge is 0.216 e. The highest BCUT2D eigenvalue weighted by atomic mass is 32.2. The molecule has 0 amide bonds. The lowest BCUT2D eigenvalue weighted by atomic mass is 10.1. The van der Waals surface area contributed by atoms with Crippen LogP contribution in [0, 0.1) is 0 Å². The third-order valence-electron chi connectivity index (χ3n) is 2.52. The van der Waals surface area contributed by atoms with Gasteiger partial charge >= 0.3 is 0 Å². The first kappa shape index (κ1) is 11.1. The van der Waals surface area contributed by atoms with Gasteiger partial charge in [-0.3, -0.25) is 0 Å². The number of aliphatic hydroxyl groups is 1. The minimum absolute atomic E-state index is 0.174. The number of hydrogen-bond acceptors (Lipinski definition) is 4. The Hall–Kier alpha value is -0.430. The van der Waals surface area contributed by atoms with E-state index in [4.69, 9.17) is 5.11 Å². The zero-order chi connectivity index (χ0) is 10.9. The van der Waals surface area contributed by atoms with Crippen molar-refractivity contribution in [3.8, 4) is 0 Å². The number of nitrogens with zero attached hydrogens (tertiary/aromatic N) is 1. The third-order valence-corrected chi connectivity index (χ3v) is 5.34. The summed E-state index contributed by atoms with van der Waals surface area (Å²) >= 11 is 1.68. The molecular formula is C9H13NO3S2. The maximum atomic E-state index is 11.7. The topological polar surface area (TPSA) is 57.6 Å². The summed E-state index contributed by atoms with van der Waals surface area (Å²) < 4.78 is 24.8. The van der Waals surface area contributed by atoms with E-state index in [1.807, 2.05) is 11.4 Å². The average Bonchev–Trinajstić information content (AvgIpc) is 2.63. The van der Waals surface area contributed by atoms with Crippen molar-refractivity contribution in [2.24, 2.45) is 0 Å². The molecular weight excluding hydrogens is 234 g/mol. The Balaban J connectivity index is 2.16. The highest BCUT2D eigenvalue weighted by Crippen LogP contribution is 2.25. The Morgan fingerprint density at radius 1 is 1.53 bits per heavy atom. The molecule has 2 rings (SSSR count). The van der Waals surface area contributed by atoms with Gasteiger partial charge in [-0.15, -0.1) is 11.3 Å². The molecule has 84 valence electrons. The van der Waals surface area contributed by atoms with Gasteiger partial charge in [-0.1, -0.05) is 0 Å². The van der Waals surface area contributed by atoms with Gasteiger partial charge in [0.05, 0.1) is 12.4 Å². The van der Waals surface area contributed by atoms with E-state index in [9.17, 15) is 8.42 Å². The highest BCUT2D eigenvalue weighted by Gasteiger charge is 2.26. The van der Waals surface area contributed by atoms with Crippen molar-refractivity contribution < 1.29 is 13.5 Å². The maximum absolute atomic E-state index is 11.7. The summed E-state index contributed by atoms with van der Waals surface area (Å²) in [5.74, 6) is -0.174. The van der Waals surface area contributed by atoms with Crippen LogP contribution in [-0.2, 0) is 23.0 Å². The van der Waals surface area contributed by atoms with E-state index in [1.54, 1.807) is 11.3 Å². The van der Waals surface area contributed by atoms with Crippen LogP contribution < -0.4 is 0 Å². The lowest BCUT2D eigenvalue weighted by molar-refractivity contribution is 0.312. The molecule has 0 saturated carbocycles. The zero-order valence-electron chi connectivity index (χ0n) is 8.22. The van der Waals surface area contributed by atoms with E-state index in [-0.39, 0.29) is 12.4 Å². The largest absolute Gasteiger partial charge is 0.395 e. The number of thiophene rings is 1. The van der Waals surface area contributed by atoms with Crippen LogP contribution >= 0.6 is 11.3 Å². The van der Waals surface area contributed by atoms with Crippen molar-refractivity contribution in [3.05, 3.63) is 21.9 Å². The van der Waals surface area contributed by atoms with Crippen LogP contribution in [0.4, 0.5) is 0 Å². The highest BCUT2D eigenvalue weighted by molar-refractivity contribution is 7.89. The van der Waals surface area contributed by atoms with Gasteiger partial charge < -0.3 is 5.11 Å². The monoisotopic (exact) mass is 247 g/mol. The second kappa shape index (κ2) is 4.21. The molecule has 0 atom stereocenters. The zero-order valence-corrected chi connectivity index (χ0v) is 9.85. The molecule has 1 aromatic heterocycles. The molecule has 0 saturated heterocycles. The van der Waals surface area contributed by atoms with Crippen molar-refractivity contribution in [3.63, 3.8) is 0 Å². The van der Waals surface area contributed by atoms with Crippen LogP contribution in [-0.4, -0.2) is 36.7 Å². The molecule has 1 aliphatic rings. The summed E-state index contributed by atoms with van der Waals surface area (Å²) in [6.45, 7) is 0.687. The fourth-order valence-corrected chi connectivity index (χ4v) is 3.79. The molecule has 0 fully saturated rings. The summed E-state index contributed by atoms with van der Waals surface area (Å²) in [5, 5.41) is 10.7. The second-order valence-corrected chi connectivity index (χ2v) is 6.58. The van der Waals surface area contributed by atoms with Gasteiger partial charge in [0, 0.05) is 18.0 Å². The fraction of sp³-hybridized carbons (Fsp3) is 0.556. The Kier molecular flexibility index (Phi) is 3.11. The van der Waals surface area contributed by atoms with Crippen LogP contribution in [0.1, 0.15) is 10.4 Å². The van der Waals surface area contributed by atoms with Crippen LogP contribution in [0.3, 0.4) is 0 Å². The molecule has 0 aliphatic carbocycles. The van der Waals surface area contributed by atoms with Crippen molar-refractivity contribution in [2.45, 2.75) is 13.0 Å². The van der Waals surface area contributed by atoms with Crippen molar-refractivity contribution in [1.82, 2.24) is 4.31 Å². The summed E-state index contributed by atoms with van der Waals surface area (Å²) in [5.41, 5.74) is 1.10. The molecule has 6 heteroatoms. The fourth-order valence-electron chi connectivity index (χ4n) is 1.70. The molecule has 0 unspecified atom stereocenters. The maximum Gasteiger partial charge on any atom is 0.216 e. The SMILES string of the molecule is O=S(=O)(CCO)N1CCc2sccc2C1. The Bertz CT molecular complexity index is 438. The number of rotatable bonds is 3. The van der Waals surface area contributed by atoms with Gasteiger partial charge in [0.15, 0.2) is 0 Å². The molecule has 1 N–H and O–H groups in total. The summed E-state index contributed by atoms with van der Waals surface area (Å²) in [6.07, 6.45) is 0.789. The minimum Gasteiger partial charge on any atom is -0.395 e. The number of aliphatic hydroxyl groups excluding tert-OH is 1. The van der Waals surface area contributed by atoms with E-state index >= 15 is 0 Å². The molecule has 4 nitrogen and oxygen atoms in total. The minimum atomic E-state index is -3.27. The summed E-state index contributed by atoms with van der Waals surface area (Å²) in [4.78, 5) is 1.28. The molecule has 2 heterocycles. The summed E-state index contributed by atoms with van der Waals surface area (Å²) in [7, 11) is -3.27. The Morgan fingerprint density at radius 2 is 2.33 bits per heavy atom. The van der Waals surface area contributed by atoms with Gasteiger partial charge in [-0.25, -0.2) is 8.42 Å². The third kappa shape index (κ3) is 2.23. The lowest BCUT2D eigenvalue weighted by Gasteiger charge is -2.25. The molecule has 1 aliphatic heterocycles.